The first-order chi connectivity index (χ1) is 16.7. The van der Waals surface area contributed by atoms with E-state index in [0.29, 0.717) is 14.5 Å². The number of hydrogen-bond donors (Lipinski definition) is 1. The number of nitro benzene ring substituents is 2. The van der Waals surface area contributed by atoms with Gasteiger partial charge in [0.05, 0.1) is 24.9 Å². The summed E-state index contributed by atoms with van der Waals surface area (Å²) in [7, 11) is 0. The van der Waals surface area contributed by atoms with E-state index in [1.165, 1.54) is 6.08 Å². The predicted octanol–water partition coefficient (Wildman–Crippen LogP) is 6.04. The molecule has 0 saturated heterocycles. The minimum Gasteiger partial charge on any atom is -0.448 e. The van der Waals surface area contributed by atoms with E-state index in [1.807, 2.05) is 36.4 Å². The van der Waals surface area contributed by atoms with Gasteiger partial charge in [-0.25, -0.2) is 0 Å². The van der Waals surface area contributed by atoms with Crippen molar-refractivity contribution in [1.29, 1.82) is 5.26 Å². The molecule has 35 heavy (non-hydrogen) atoms. The molecule has 1 N–H and O–H groups in total. The lowest BCUT2D eigenvalue weighted by atomic mass is 10.1. The molecule has 1 amide bonds. The molecule has 0 bridgehead atoms. The molecule has 0 aliphatic heterocycles. The molecule has 0 unspecified atom stereocenters. The van der Waals surface area contributed by atoms with E-state index >= 15 is 0 Å². The molecule has 10 nitrogen and oxygen atoms in total. The Balaban J connectivity index is 1.85. The van der Waals surface area contributed by atoms with Crippen LogP contribution in [0.5, 0.6) is 11.5 Å². The number of nitrogens with one attached hydrogen (secondary N) is 1. The molecule has 0 aliphatic rings. The van der Waals surface area contributed by atoms with Crippen LogP contribution in [0.4, 0.5) is 11.4 Å². The van der Waals surface area contributed by atoms with Crippen LogP contribution in [-0.2, 0) is 11.3 Å². The molecule has 0 atom stereocenters. The van der Waals surface area contributed by atoms with Crippen LogP contribution >= 0.6 is 31.9 Å². The van der Waals surface area contributed by atoms with Crippen molar-refractivity contribution < 1.29 is 19.4 Å². The van der Waals surface area contributed by atoms with Crippen molar-refractivity contribution in [2.75, 3.05) is 0 Å². The number of ether oxygens (including phenoxy) is 1. The van der Waals surface area contributed by atoms with Crippen LogP contribution in [0.25, 0.3) is 6.08 Å². The fourth-order valence-electron chi connectivity index (χ4n) is 2.91. The first-order valence-electron chi connectivity index (χ1n) is 9.73. The third kappa shape index (κ3) is 6.50. The smallest absolute Gasteiger partial charge is 0.318 e. The Hall–Kier alpha value is -4.08. The van der Waals surface area contributed by atoms with Crippen LogP contribution in [0.3, 0.4) is 0 Å². The average molecular weight is 602 g/mol. The van der Waals surface area contributed by atoms with Crippen molar-refractivity contribution in [2.45, 2.75) is 6.54 Å². The summed E-state index contributed by atoms with van der Waals surface area (Å²) in [6.07, 6.45) is 1.38. The molecule has 0 radical (unpaired) electrons. The van der Waals surface area contributed by atoms with Gasteiger partial charge < -0.3 is 10.1 Å². The summed E-state index contributed by atoms with van der Waals surface area (Å²) in [4.78, 5) is 33.2. The Morgan fingerprint density at radius 3 is 2.26 bits per heavy atom. The van der Waals surface area contributed by atoms with E-state index < -0.39 is 27.1 Å². The van der Waals surface area contributed by atoms with Gasteiger partial charge in [-0.15, -0.1) is 0 Å². The lowest BCUT2D eigenvalue weighted by Gasteiger charge is -2.11. The van der Waals surface area contributed by atoms with Gasteiger partial charge in [0.25, 0.3) is 11.6 Å². The van der Waals surface area contributed by atoms with Gasteiger partial charge in [0.1, 0.15) is 11.6 Å². The molecule has 0 heterocycles. The fourth-order valence-corrected chi connectivity index (χ4v) is 4.29. The molecule has 3 rings (SSSR count). The number of nitriles is 1. The maximum absolute atomic E-state index is 12.4. The quantitative estimate of drug-likeness (QED) is 0.143. The average Bonchev–Trinajstić information content (AvgIpc) is 2.83. The first kappa shape index (κ1) is 25.5. The SMILES string of the molecule is N#C/C(=C\c1cc(Br)c(Oc2ccc([N+](=O)[O-])cc2[N+](=O)[O-])c(Br)c1)C(=O)NCc1ccccc1. The van der Waals surface area contributed by atoms with Crippen molar-refractivity contribution in [2.24, 2.45) is 0 Å². The van der Waals surface area contributed by atoms with E-state index in [1.54, 1.807) is 12.1 Å². The number of nitrogens with zero attached hydrogens (tertiary/aromatic N) is 3. The maximum atomic E-state index is 12.4. The molecule has 12 heteroatoms. The van der Waals surface area contributed by atoms with Crippen molar-refractivity contribution >= 4 is 55.2 Å². The van der Waals surface area contributed by atoms with Crippen LogP contribution in [0.2, 0.25) is 0 Å². The number of benzene rings is 3. The summed E-state index contributed by atoms with van der Waals surface area (Å²) in [5.41, 5.74) is 0.201. The zero-order chi connectivity index (χ0) is 25.5. The number of nitro groups is 2. The Morgan fingerprint density at radius 1 is 1.03 bits per heavy atom. The maximum Gasteiger partial charge on any atom is 0.318 e. The predicted molar refractivity (Wildman–Crippen MR) is 134 cm³/mol. The van der Waals surface area contributed by atoms with Crippen molar-refractivity contribution in [3.05, 3.63) is 107 Å². The van der Waals surface area contributed by atoms with Crippen molar-refractivity contribution in [3.8, 4) is 17.6 Å². The van der Waals surface area contributed by atoms with Gasteiger partial charge in [0.2, 0.25) is 5.75 Å². The van der Waals surface area contributed by atoms with Gasteiger partial charge >= 0.3 is 5.69 Å². The Labute approximate surface area is 215 Å². The zero-order valence-electron chi connectivity index (χ0n) is 17.6. The topological polar surface area (TPSA) is 148 Å². The monoisotopic (exact) mass is 600 g/mol. The van der Waals surface area contributed by atoms with Crippen LogP contribution in [0.1, 0.15) is 11.1 Å². The number of halogens is 2. The highest BCUT2D eigenvalue weighted by Crippen LogP contribution is 2.41. The highest BCUT2D eigenvalue weighted by atomic mass is 79.9. The lowest BCUT2D eigenvalue weighted by Crippen LogP contribution is -2.23. The first-order valence-corrected chi connectivity index (χ1v) is 11.3. The highest BCUT2D eigenvalue weighted by Gasteiger charge is 2.23. The van der Waals surface area contributed by atoms with Gasteiger partial charge in [-0.05, 0) is 67.3 Å². The molecule has 3 aromatic rings. The van der Waals surface area contributed by atoms with Gasteiger partial charge in [-0.1, -0.05) is 30.3 Å². The molecular formula is C23H14Br2N4O6. The van der Waals surface area contributed by atoms with E-state index in [0.717, 1.165) is 23.8 Å². The third-order valence-corrected chi connectivity index (χ3v) is 5.73. The van der Waals surface area contributed by atoms with Crippen molar-refractivity contribution in [3.63, 3.8) is 0 Å². The fraction of sp³-hybridized carbons (Fsp3) is 0.0435. The minimum atomic E-state index is -0.783. The number of carbonyl (C=O) groups is 1. The zero-order valence-corrected chi connectivity index (χ0v) is 20.8. The molecule has 3 aromatic carbocycles. The molecule has 0 aliphatic carbocycles. The molecule has 176 valence electrons. The summed E-state index contributed by atoms with van der Waals surface area (Å²) in [5.74, 6) is -0.597. The largest absolute Gasteiger partial charge is 0.448 e. The second kappa shape index (κ2) is 11.4. The lowest BCUT2D eigenvalue weighted by molar-refractivity contribution is -0.394. The van der Waals surface area contributed by atoms with Gasteiger partial charge in [-0.3, -0.25) is 25.0 Å². The van der Waals surface area contributed by atoms with E-state index in [2.05, 4.69) is 37.2 Å². The number of rotatable bonds is 8. The van der Waals surface area contributed by atoms with E-state index in [4.69, 9.17) is 4.74 Å². The molecule has 0 aromatic heterocycles. The van der Waals surface area contributed by atoms with Gasteiger partial charge in [0, 0.05) is 12.6 Å². The number of non-ortho nitro benzene ring substituents is 1. The van der Waals surface area contributed by atoms with Crippen LogP contribution in [-0.4, -0.2) is 15.8 Å². The normalized spacial score (nSPS) is 10.8. The number of hydrogen-bond acceptors (Lipinski definition) is 7. The number of amides is 1. The molecular weight excluding hydrogens is 588 g/mol. The summed E-state index contributed by atoms with van der Waals surface area (Å²) < 4.78 is 6.37. The van der Waals surface area contributed by atoms with Crippen LogP contribution < -0.4 is 10.1 Å². The highest BCUT2D eigenvalue weighted by molar-refractivity contribution is 9.11. The Morgan fingerprint density at radius 2 is 1.69 bits per heavy atom. The number of carbonyl (C=O) groups excluding carboxylic acids is 1. The summed E-state index contributed by atoms with van der Waals surface area (Å²) >= 11 is 6.64. The third-order valence-electron chi connectivity index (χ3n) is 4.55. The molecule has 0 saturated carbocycles. The standard InChI is InChI=1S/C23H14Br2N4O6/c24-18-9-15(8-16(12-26)23(30)27-13-14-4-2-1-3-5-14)10-19(25)22(18)35-21-7-6-17(28(31)32)11-20(21)29(33)34/h1-11H,13H2,(H,27,30)/b16-8+. The molecule has 0 spiro atoms. The summed E-state index contributed by atoms with van der Waals surface area (Å²) in [6.45, 7) is 0.257. The minimum absolute atomic E-state index is 0.126. The Bertz CT molecular complexity index is 1360. The van der Waals surface area contributed by atoms with Gasteiger partial charge in [-0.2, -0.15) is 5.26 Å². The van der Waals surface area contributed by atoms with Gasteiger partial charge in [0.15, 0.2) is 5.75 Å². The van der Waals surface area contributed by atoms with E-state index in [9.17, 15) is 30.3 Å². The Kier molecular flexibility index (Phi) is 8.30. The van der Waals surface area contributed by atoms with Crippen LogP contribution in [0.15, 0.2) is 75.2 Å². The van der Waals surface area contributed by atoms with E-state index in [-0.39, 0.29) is 23.6 Å². The second-order valence-corrected chi connectivity index (χ2v) is 8.63. The summed E-state index contributed by atoms with van der Waals surface area (Å²) in [6, 6.07) is 17.2. The molecule has 0 fully saturated rings. The van der Waals surface area contributed by atoms with Crippen LogP contribution in [0, 0.1) is 31.6 Å². The summed E-state index contributed by atoms with van der Waals surface area (Å²) in [5, 5.41) is 34.4. The second-order valence-electron chi connectivity index (χ2n) is 6.92. The van der Waals surface area contributed by atoms with Crippen molar-refractivity contribution in [1.82, 2.24) is 5.32 Å².